The molecule has 0 aromatic rings. The molecule has 4 nitrogen and oxygen atoms in total. The number of carbonyl (C=O) groups excluding carboxylic acids is 2. The van der Waals surface area contributed by atoms with Crippen LogP contribution >= 0.6 is 0 Å². The van der Waals surface area contributed by atoms with Crippen LogP contribution in [0.2, 0.25) is 0 Å². The molecule has 0 spiro atoms. The van der Waals surface area contributed by atoms with E-state index in [4.69, 9.17) is 0 Å². The van der Waals surface area contributed by atoms with Crippen LogP contribution in [-0.4, -0.2) is 36.3 Å². The molecule has 0 bridgehead atoms. The van der Waals surface area contributed by atoms with E-state index in [1.807, 2.05) is 4.90 Å². The first-order valence-electron chi connectivity index (χ1n) is 7.80. The zero-order valence-corrected chi connectivity index (χ0v) is 11.8. The summed E-state index contributed by atoms with van der Waals surface area (Å²) in [6, 6.07) is 0. The lowest BCUT2D eigenvalue weighted by molar-refractivity contribution is -0.131. The van der Waals surface area contributed by atoms with Gasteiger partial charge in [-0.05, 0) is 18.8 Å². The van der Waals surface area contributed by atoms with Crippen LogP contribution in [0.3, 0.4) is 0 Å². The summed E-state index contributed by atoms with van der Waals surface area (Å²) in [5, 5.41) is 2.80. The molecule has 108 valence electrons. The summed E-state index contributed by atoms with van der Waals surface area (Å²) < 4.78 is 0. The molecule has 0 aromatic carbocycles. The molecule has 1 saturated heterocycles. The molecule has 2 fully saturated rings. The fourth-order valence-electron chi connectivity index (χ4n) is 3.19. The molecule has 0 radical (unpaired) electrons. The lowest BCUT2D eigenvalue weighted by atomic mass is 9.86. The summed E-state index contributed by atoms with van der Waals surface area (Å²) in [5.41, 5.74) is 0. The third kappa shape index (κ3) is 4.84. The topological polar surface area (TPSA) is 49.4 Å². The molecule has 0 atom stereocenters. The first-order valence-corrected chi connectivity index (χ1v) is 7.80. The van der Waals surface area contributed by atoms with E-state index < -0.39 is 0 Å². The average Bonchev–Trinajstić information content (AvgIpc) is 2.65. The van der Waals surface area contributed by atoms with E-state index in [0.29, 0.717) is 32.5 Å². The van der Waals surface area contributed by atoms with Gasteiger partial charge in [0, 0.05) is 32.5 Å². The Morgan fingerprint density at radius 2 is 2.00 bits per heavy atom. The lowest BCUT2D eigenvalue weighted by Crippen LogP contribution is -2.34. The minimum absolute atomic E-state index is 0.0671. The van der Waals surface area contributed by atoms with Gasteiger partial charge >= 0.3 is 0 Å². The third-order valence-corrected chi connectivity index (χ3v) is 4.39. The molecule has 19 heavy (non-hydrogen) atoms. The van der Waals surface area contributed by atoms with Crippen LogP contribution in [0.1, 0.15) is 57.8 Å². The van der Waals surface area contributed by atoms with Gasteiger partial charge in [-0.3, -0.25) is 9.59 Å². The SMILES string of the molecule is O=C1CCN(C(=O)CCCC2CCCCC2)CCN1. The van der Waals surface area contributed by atoms with Crippen LogP contribution in [0.5, 0.6) is 0 Å². The average molecular weight is 266 g/mol. The zero-order chi connectivity index (χ0) is 13.5. The predicted molar refractivity (Wildman–Crippen MR) is 74.6 cm³/mol. The number of nitrogens with zero attached hydrogens (tertiary/aromatic N) is 1. The molecule has 1 aliphatic heterocycles. The van der Waals surface area contributed by atoms with E-state index in [1.54, 1.807) is 0 Å². The van der Waals surface area contributed by atoms with Crippen molar-refractivity contribution in [3.63, 3.8) is 0 Å². The largest absolute Gasteiger partial charge is 0.354 e. The van der Waals surface area contributed by atoms with Crippen molar-refractivity contribution in [1.29, 1.82) is 0 Å². The number of carbonyl (C=O) groups is 2. The van der Waals surface area contributed by atoms with Crippen molar-refractivity contribution in [2.45, 2.75) is 57.8 Å². The number of rotatable bonds is 4. The normalized spacial score (nSPS) is 21.9. The van der Waals surface area contributed by atoms with Crippen molar-refractivity contribution in [3.05, 3.63) is 0 Å². The summed E-state index contributed by atoms with van der Waals surface area (Å²) in [4.78, 5) is 25.2. The van der Waals surface area contributed by atoms with Crippen molar-refractivity contribution >= 4 is 11.8 Å². The fraction of sp³-hybridized carbons (Fsp3) is 0.867. The van der Waals surface area contributed by atoms with E-state index in [-0.39, 0.29) is 11.8 Å². The smallest absolute Gasteiger partial charge is 0.222 e. The van der Waals surface area contributed by atoms with Crippen molar-refractivity contribution in [2.24, 2.45) is 5.92 Å². The Morgan fingerprint density at radius 1 is 1.21 bits per heavy atom. The van der Waals surface area contributed by atoms with Crippen molar-refractivity contribution in [2.75, 3.05) is 19.6 Å². The fourth-order valence-corrected chi connectivity index (χ4v) is 3.19. The van der Waals surface area contributed by atoms with Crippen LogP contribution in [-0.2, 0) is 9.59 Å². The van der Waals surface area contributed by atoms with Crippen molar-refractivity contribution in [1.82, 2.24) is 10.2 Å². The monoisotopic (exact) mass is 266 g/mol. The molecule has 0 aromatic heterocycles. The van der Waals surface area contributed by atoms with Gasteiger partial charge < -0.3 is 10.2 Å². The Kier molecular flexibility index (Phi) is 5.67. The van der Waals surface area contributed by atoms with Crippen LogP contribution in [0, 0.1) is 5.92 Å². The second kappa shape index (κ2) is 7.51. The highest BCUT2D eigenvalue weighted by Crippen LogP contribution is 2.27. The van der Waals surface area contributed by atoms with Gasteiger partial charge in [0.05, 0.1) is 0 Å². The molecule has 1 aliphatic carbocycles. The minimum atomic E-state index is 0.0671. The van der Waals surface area contributed by atoms with Gasteiger partial charge in [-0.25, -0.2) is 0 Å². The van der Waals surface area contributed by atoms with Crippen LogP contribution in [0.15, 0.2) is 0 Å². The molecule has 2 rings (SSSR count). The van der Waals surface area contributed by atoms with E-state index in [0.717, 1.165) is 12.3 Å². The molecule has 1 saturated carbocycles. The van der Waals surface area contributed by atoms with Crippen LogP contribution in [0.25, 0.3) is 0 Å². The highest BCUT2D eigenvalue weighted by Gasteiger charge is 2.19. The van der Waals surface area contributed by atoms with Gasteiger partial charge in [0.15, 0.2) is 0 Å². The highest BCUT2D eigenvalue weighted by molar-refractivity contribution is 5.80. The van der Waals surface area contributed by atoms with E-state index in [2.05, 4.69) is 5.32 Å². The minimum Gasteiger partial charge on any atom is -0.354 e. The maximum Gasteiger partial charge on any atom is 0.222 e. The first kappa shape index (κ1) is 14.4. The molecule has 2 amide bonds. The number of nitrogens with one attached hydrogen (secondary N) is 1. The molecule has 4 heteroatoms. The molecular formula is C15H26N2O2. The summed E-state index contributed by atoms with van der Waals surface area (Å²) in [7, 11) is 0. The van der Waals surface area contributed by atoms with Gasteiger partial charge in [0.25, 0.3) is 0 Å². The van der Waals surface area contributed by atoms with Gasteiger partial charge in [-0.2, -0.15) is 0 Å². The Labute approximate surface area is 115 Å². The predicted octanol–water partition coefficient (Wildman–Crippen LogP) is 2.09. The Hall–Kier alpha value is -1.06. The Morgan fingerprint density at radius 3 is 2.79 bits per heavy atom. The van der Waals surface area contributed by atoms with Crippen LogP contribution < -0.4 is 5.32 Å². The number of hydrogen-bond acceptors (Lipinski definition) is 2. The molecule has 1 N–H and O–H groups in total. The van der Waals surface area contributed by atoms with Gasteiger partial charge in [0.2, 0.25) is 11.8 Å². The quantitative estimate of drug-likeness (QED) is 0.847. The maximum absolute atomic E-state index is 12.1. The Balaban J connectivity index is 1.64. The third-order valence-electron chi connectivity index (χ3n) is 4.39. The second-order valence-corrected chi connectivity index (χ2v) is 5.88. The lowest BCUT2D eigenvalue weighted by Gasteiger charge is -2.22. The molecule has 0 unspecified atom stereocenters. The molecule has 1 heterocycles. The number of amides is 2. The molecular weight excluding hydrogens is 240 g/mol. The van der Waals surface area contributed by atoms with Crippen molar-refractivity contribution in [3.8, 4) is 0 Å². The van der Waals surface area contributed by atoms with Gasteiger partial charge in [-0.1, -0.05) is 32.1 Å². The summed E-state index contributed by atoms with van der Waals surface area (Å²) in [6.07, 6.45) is 10.2. The summed E-state index contributed by atoms with van der Waals surface area (Å²) in [6.45, 7) is 1.87. The van der Waals surface area contributed by atoms with E-state index >= 15 is 0 Å². The van der Waals surface area contributed by atoms with Gasteiger partial charge in [-0.15, -0.1) is 0 Å². The highest BCUT2D eigenvalue weighted by atomic mass is 16.2. The summed E-state index contributed by atoms with van der Waals surface area (Å²) in [5.74, 6) is 1.15. The van der Waals surface area contributed by atoms with Crippen LogP contribution in [0.4, 0.5) is 0 Å². The maximum atomic E-state index is 12.1. The Bertz CT molecular complexity index is 311. The van der Waals surface area contributed by atoms with E-state index in [1.165, 1.54) is 38.5 Å². The standard InChI is InChI=1S/C15H26N2O2/c18-14-9-11-17(12-10-16-14)15(19)8-4-7-13-5-2-1-3-6-13/h13H,1-12H2,(H,16,18). The first-order chi connectivity index (χ1) is 9.25. The summed E-state index contributed by atoms with van der Waals surface area (Å²) >= 11 is 0. The van der Waals surface area contributed by atoms with E-state index in [9.17, 15) is 9.59 Å². The number of hydrogen-bond donors (Lipinski definition) is 1. The molecule has 2 aliphatic rings. The zero-order valence-electron chi connectivity index (χ0n) is 11.8. The van der Waals surface area contributed by atoms with Crippen molar-refractivity contribution < 1.29 is 9.59 Å². The second-order valence-electron chi connectivity index (χ2n) is 5.88. The van der Waals surface area contributed by atoms with Gasteiger partial charge in [0.1, 0.15) is 0 Å².